The van der Waals surface area contributed by atoms with Gasteiger partial charge in [-0.25, -0.2) is 15.0 Å². The number of carbonyl (C=O) groups excluding carboxylic acids is 1. The first-order valence-electron chi connectivity index (χ1n) is 9.86. The van der Waals surface area contributed by atoms with Crippen molar-refractivity contribution in [3.8, 4) is 5.95 Å². The zero-order valence-corrected chi connectivity index (χ0v) is 18.2. The molecule has 0 spiro atoms. The molecule has 0 radical (unpaired) electrons. The molecule has 0 aliphatic carbocycles. The molecule has 4 aromatic rings. The van der Waals surface area contributed by atoms with E-state index in [2.05, 4.69) is 25.3 Å². The molecule has 33 heavy (non-hydrogen) atoms. The van der Waals surface area contributed by atoms with Crippen LogP contribution in [0.15, 0.2) is 76.1 Å². The lowest BCUT2D eigenvalue weighted by Crippen LogP contribution is -2.22. The third-order valence-corrected chi connectivity index (χ3v) is 4.57. The lowest BCUT2D eigenvalue weighted by Gasteiger charge is -2.07. The van der Waals surface area contributed by atoms with Crippen LogP contribution in [0.4, 0.5) is 5.95 Å². The Morgan fingerprint density at radius 1 is 1.06 bits per heavy atom. The molecule has 0 saturated heterocycles. The van der Waals surface area contributed by atoms with Crippen molar-refractivity contribution in [2.45, 2.75) is 6.92 Å². The third-order valence-electron chi connectivity index (χ3n) is 4.37. The van der Waals surface area contributed by atoms with Crippen LogP contribution in [0.5, 0.6) is 5.95 Å². The number of oxazole rings is 1. The Hall–Kier alpha value is -4.30. The van der Waals surface area contributed by atoms with Gasteiger partial charge in [-0.15, -0.1) is 0 Å². The maximum absolute atomic E-state index is 12.7. The highest BCUT2D eigenvalue weighted by molar-refractivity contribution is 6.29. The molecule has 2 aromatic heterocycles. The van der Waals surface area contributed by atoms with Crippen molar-refractivity contribution in [1.82, 2.24) is 20.3 Å². The van der Waals surface area contributed by atoms with Crippen LogP contribution in [0.2, 0.25) is 5.15 Å². The van der Waals surface area contributed by atoms with E-state index in [0.717, 1.165) is 5.56 Å². The molecule has 4 rings (SSSR count). The van der Waals surface area contributed by atoms with E-state index in [4.69, 9.17) is 16.0 Å². The third kappa shape index (κ3) is 5.69. The van der Waals surface area contributed by atoms with E-state index in [-0.39, 0.29) is 34.3 Å². The number of nitrogens with one attached hydrogen (secondary N) is 1. The van der Waals surface area contributed by atoms with Gasteiger partial charge in [0.25, 0.3) is 11.9 Å². The molecule has 164 valence electrons. The van der Waals surface area contributed by atoms with Gasteiger partial charge in [0.1, 0.15) is 10.9 Å². The van der Waals surface area contributed by atoms with Crippen LogP contribution < -0.4 is 5.32 Å². The Balaban J connectivity index is 1.66. The summed E-state index contributed by atoms with van der Waals surface area (Å²) in [5.41, 5.74) is 2.21. The van der Waals surface area contributed by atoms with Crippen LogP contribution in [0.25, 0.3) is 11.8 Å². The van der Waals surface area contributed by atoms with Gasteiger partial charge in [0.15, 0.2) is 5.69 Å². The molecule has 0 saturated carbocycles. The second-order valence-electron chi connectivity index (χ2n) is 6.89. The Morgan fingerprint density at radius 2 is 1.76 bits per heavy atom. The fraction of sp³-hybridized carbons (Fsp3) is 0.0417. The Morgan fingerprint density at radius 3 is 2.45 bits per heavy atom. The number of amides is 1. The SMILES string of the molecule is Cc1cc(Cl)nc(/N=C/c2nc(/C(=C\c3ccccc3)NC(=O)c3ccccc3)oc2O)n1. The summed E-state index contributed by atoms with van der Waals surface area (Å²) < 4.78 is 5.42. The highest BCUT2D eigenvalue weighted by Gasteiger charge is 2.18. The predicted octanol–water partition coefficient (Wildman–Crippen LogP) is 4.81. The van der Waals surface area contributed by atoms with Gasteiger partial charge in [0.05, 0.1) is 6.21 Å². The van der Waals surface area contributed by atoms with Gasteiger partial charge in [-0.1, -0.05) is 60.1 Å². The second-order valence-corrected chi connectivity index (χ2v) is 7.28. The van der Waals surface area contributed by atoms with Gasteiger partial charge in [-0.3, -0.25) is 4.79 Å². The number of benzene rings is 2. The van der Waals surface area contributed by atoms with E-state index >= 15 is 0 Å². The van der Waals surface area contributed by atoms with Gasteiger partial charge in [-0.2, -0.15) is 4.98 Å². The molecule has 1 amide bonds. The quantitative estimate of drug-likeness (QED) is 0.316. The number of aromatic nitrogens is 3. The average Bonchev–Trinajstić information content (AvgIpc) is 3.18. The van der Waals surface area contributed by atoms with Gasteiger partial charge in [0, 0.05) is 11.3 Å². The number of hydrogen-bond acceptors (Lipinski definition) is 7. The molecule has 8 nitrogen and oxygen atoms in total. The summed E-state index contributed by atoms with van der Waals surface area (Å²) in [6.45, 7) is 1.76. The molecule has 0 unspecified atom stereocenters. The number of aromatic hydroxyl groups is 1. The number of hydrogen-bond donors (Lipinski definition) is 2. The summed E-state index contributed by atoms with van der Waals surface area (Å²) in [6.07, 6.45) is 2.95. The molecule has 2 heterocycles. The minimum Gasteiger partial charge on any atom is -0.479 e. The standard InChI is InChI=1S/C24H18ClN5O3/c1-15-12-20(25)30-24(27-15)26-14-19-23(32)33-22(29-19)18(13-16-8-4-2-5-9-16)28-21(31)17-10-6-3-7-11-17/h2-14,32H,1H3,(H,28,31)/b18-13+,26-14+. The van der Waals surface area contributed by atoms with Gasteiger partial charge >= 0.3 is 5.95 Å². The van der Waals surface area contributed by atoms with Crippen LogP contribution in [0, 0.1) is 6.92 Å². The monoisotopic (exact) mass is 459 g/mol. The van der Waals surface area contributed by atoms with Crippen LogP contribution in [-0.4, -0.2) is 32.2 Å². The van der Waals surface area contributed by atoms with Crippen molar-refractivity contribution in [3.05, 3.63) is 100 Å². The van der Waals surface area contributed by atoms with Crippen molar-refractivity contribution in [2.24, 2.45) is 4.99 Å². The summed E-state index contributed by atoms with van der Waals surface area (Å²) in [5, 5.41) is 13.3. The van der Waals surface area contributed by atoms with Crippen molar-refractivity contribution in [2.75, 3.05) is 0 Å². The fourth-order valence-electron chi connectivity index (χ4n) is 2.87. The van der Waals surface area contributed by atoms with E-state index in [1.54, 1.807) is 43.3 Å². The molecular weight excluding hydrogens is 442 g/mol. The first-order valence-corrected chi connectivity index (χ1v) is 10.2. The summed E-state index contributed by atoms with van der Waals surface area (Å²) >= 11 is 5.93. The summed E-state index contributed by atoms with van der Waals surface area (Å²) in [7, 11) is 0. The molecule has 0 fully saturated rings. The molecule has 2 aromatic carbocycles. The first-order chi connectivity index (χ1) is 16.0. The smallest absolute Gasteiger partial charge is 0.312 e. The number of carbonyl (C=O) groups is 1. The molecule has 0 atom stereocenters. The van der Waals surface area contributed by atoms with Gasteiger partial charge in [0.2, 0.25) is 5.89 Å². The minimum atomic E-state index is -0.472. The van der Waals surface area contributed by atoms with Crippen LogP contribution in [-0.2, 0) is 0 Å². The van der Waals surface area contributed by atoms with E-state index in [1.807, 2.05) is 36.4 Å². The number of nitrogens with zero attached hydrogens (tertiary/aromatic N) is 4. The average molecular weight is 460 g/mol. The zero-order valence-electron chi connectivity index (χ0n) is 17.4. The minimum absolute atomic E-state index is 0.00489. The number of aryl methyl sites for hydroxylation is 1. The van der Waals surface area contributed by atoms with Crippen LogP contribution in [0.1, 0.15) is 33.2 Å². The van der Waals surface area contributed by atoms with Crippen molar-refractivity contribution in [3.63, 3.8) is 0 Å². The molecule has 0 aliphatic rings. The van der Waals surface area contributed by atoms with Gasteiger partial charge in [-0.05, 0) is 36.8 Å². The van der Waals surface area contributed by atoms with E-state index in [0.29, 0.717) is 11.3 Å². The normalized spacial score (nSPS) is 11.6. The Kier molecular flexibility index (Phi) is 6.56. The molecule has 0 aliphatic heterocycles. The van der Waals surface area contributed by atoms with E-state index in [1.165, 1.54) is 6.21 Å². The second kappa shape index (κ2) is 9.88. The lowest BCUT2D eigenvalue weighted by molar-refractivity contribution is 0.0973. The summed E-state index contributed by atoms with van der Waals surface area (Å²) in [6, 6.07) is 19.6. The summed E-state index contributed by atoms with van der Waals surface area (Å²) in [4.78, 5) is 29.3. The van der Waals surface area contributed by atoms with Crippen molar-refractivity contribution in [1.29, 1.82) is 0 Å². The highest BCUT2D eigenvalue weighted by Crippen LogP contribution is 2.24. The van der Waals surface area contributed by atoms with Crippen molar-refractivity contribution >= 4 is 41.4 Å². The number of halogens is 1. The molecule has 9 heteroatoms. The number of rotatable bonds is 6. The molecular formula is C24H18ClN5O3. The largest absolute Gasteiger partial charge is 0.479 e. The summed E-state index contributed by atoms with van der Waals surface area (Å²) in [5.74, 6) is -0.708. The van der Waals surface area contributed by atoms with E-state index < -0.39 is 5.95 Å². The number of aliphatic imine (C=N–C) groups is 1. The maximum atomic E-state index is 12.7. The Labute approximate surface area is 194 Å². The van der Waals surface area contributed by atoms with Crippen molar-refractivity contribution < 1.29 is 14.3 Å². The van der Waals surface area contributed by atoms with Crippen LogP contribution in [0.3, 0.4) is 0 Å². The zero-order chi connectivity index (χ0) is 23.2. The molecule has 0 bridgehead atoms. The Bertz CT molecular complexity index is 1310. The lowest BCUT2D eigenvalue weighted by atomic mass is 10.1. The van der Waals surface area contributed by atoms with Crippen LogP contribution >= 0.6 is 11.6 Å². The maximum Gasteiger partial charge on any atom is 0.312 e. The molecule has 2 N–H and O–H groups in total. The van der Waals surface area contributed by atoms with E-state index in [9.17, 15) is 9.90 Å². The topological polar surface area (TPSA) is 114 Å². The first kappa shape index (κ1) is 21.9. The fourth-order valence-corrected chi connectivity index (χ4v) is 3.10. The van der Waals surface area contributed by atoms with Gasteiger partial charge < -0.3 is 14.8 Å². The highest BCUT2D eigenvalue weighted by atomic mass is 35.5. The predicted molar refractivity (Wildman–Crippen MR) is 125 cm³/mol.